The molecular formula is C22H25N3O4S. The Kier molecular flexibility index (Phi) is 7.24. The second-order valence-electron chi connectivity index (χ2n) is 6.93. The summed E-state index contributed by atoms with van der Waals surface area (Å²) in [5.74, 6) is 2.16. The number of carbonyl (C=O) groups excluding carboxylic acids is 1. The van der Waals surface area contributed by atoms with Crippen LogP contribution in [0.25, 0.3) is 0 Å². The molecular weight excluding hydrogens is 402 g/mol. The van der Waals surface area contributed by atoms with E-state index in [2.05, 4.69) is 29.4 Å². The second-order valence-corrected chi connectivity index (χ2v) is 7.99. The average Bonchev–Trinajstić information content (AvgIpc) is 3.18. The summed E-state index contributed by atoms with van der Waals surface area (Å²) in [6.45, 7) is 4.17. The first-order valence-electron chi connectivity index (χ1n) is 9.54. The molecule has 0 saturated carbocycles. The Hall–Kier alpha value is -3.13. The smallest absolute Gasteiger partial charge is 0.264 e. The molecule has 0 atom stereocenters. The van der Waals surface area contributed by atoms with E-state index in [0.29, 0.717) is 34.7 Å². The molecule has 1 amide bonds. The van der Waals surface area contributed by atoms with Crippen LogP contribution >= 0.6 is 11.3 Å². The molecule has 0 fully saturated rings. The van der Waals surface area contributed by atoms with Gasteiger partial charge in [-0.2, -0.15) is 0 Å². The Morgan fingerprint density at radius 3 is 2.43 bits per heavy atom. The quantitative estimate of drug-likeness (QED) is 0.549. The molecule has 7 nitrogen and oxygen atoms in total. The zero-order valence-electron chi connectivity index (χ0n) is 17.5. The van der Waals surface area contributed by atoms with Crippen LogP contribution in [0.1, 0.15) is 35.9 Å². The topological polar surface area (TPSA) is 82.6 Å². The number of hydrogen-bond acceptors (Lipinski definition) is 7. The number of carbonyl (C=O) groups is 1. The van der Waals surface area contributed by atoms with Crippen LogP contribution in [0.2, 0.25) is 0 Å². The Bertz CT molecular complexity index is 986. The van der Waals surface area contributed by atoms with E-state index in [1.54, 1.807) is 14.2 Å². The summed E-state index contributed by atoms with van der Waals surface area (Å²) >= 11 is 1.32. The Morgan fingerprint density at radius 2 is 1.77 bits per heavy atom. The predicted octanol–water partition coefficient (Wildman–Crippen LogP) is 4.29. The van der Waals surface area contributed by atoms with Gasteiger partial charge in [0.1, 0.15) is 10.8 Å². The summed E-state index contributed by atoms with van der Waals surface area (Å²) < 4.78 is 16.1. The Morgan fingerprint density at radius 1 is 1.03 bits per heavy atom. The lowest BCUT2D eigenvalue weighted by atomic mass is 10.0. The monoisotopic (exact) mass is 427 g/mol. The first kappa shape index (κ1) is 21.6. The van der Waals surface area contributed by atoms with E-state index in [4.69, 9.17) is 14.2 Å². The van der Waals surface area contributed by atoms with Crippen LogP contribution in [-0.4, -0.2) is 36.9 Å². The van der Waals surface area contributed by atoms with Crippen LogP contribution < -0.4 is 19.5 Å². The van der Waals surface area contributed by atoms with Crippen molar-refractivity contribution < 1.29 is 19.0 Å². The van der Waals surface area contributed by atoms with E-state index >= 15 is 0 Å². The lowest BCUT2D eigenvalue weighted by Gasteiger charge is -2.08. The molecule has 0 unspecified atom stereocenters. The molecule has 1 heterocycles. The molecule has 0 aliphatic carbocycles. The van der Waals surface area contributed by atoms with Gasteiger partial charge in [-0.15, -0.1) is 10.2 Å². The van der Waals surface area contributed by atoms with Gasteiger partial charge in [-0.1, -0.05) is 43.4 Å². The van der Waals surface area contributed by atoms with Crippen molar-refractivity contribution in [3.05, 3.63) is 58.6 Å². The minimum atomic E-state index is -0.281. The highest BCUT2D eigenvalue weighted by Crippen LogP contribution is 2.29. The van der Waals surface area contributed by atoms with Crippen LogP contribution in [0.3, 0.4) is 0 Å². The van der Waals surface area contributed by atoms with Gasteiger partial charge in [-0.05, 0) is 41.3 Å². The fourth-order valence-corrected chi connectivity index (χ4v) is 3.58. The molecule has 8 heteroatoms. The van der Waals surface area contributed by atoms with Crippen molar-refractivity contribution in [1.82, 2.24) is 10.2 Å². The van der Waals surface area contributed by atoms with Crippen LogP contribution in [0.4, 0.5) is 5.13 Å². The number of anilines is 1. The fourth-order valence-electron chi connectivity index (χ4n) is 2.79. The molecule has 1 N–H and O–H groups in total. The number of methoxy groups -OCH3 is 2. The van der Waals surface area contributed by atoms with Crippen molar-refractivity contribution in [2.75, 3.05) is 26.1 Å². The van der Waals surface area contributed by atoms with Gasteiger partial charge >= 0.3 is 0 Å². The van der Waals surface area contributed by atoms with E-state index in [1.165, 1.54) is 16.9 Å². The van der Waals surface area contributed by atoms with Crippen molar-refractivity contribution in [1.29, 1.82) is 0 Å². The minimum absolute atomic E-state index is 0.0916. The van der Waals surface area contributed by atoms with Gasteiger partial charge in [0.2, 0.25) is 5.13 Å². The molecule has 2 aromatic carbocycles. The number of ether oxygens (including phenoxy) is 3. The van der Waals surface area contributed by atoms with Gasteiger partial charge in [0.05, 0.1) is 14.2 Å². The highest BCUT2D eigenvalue weighted by Gasteiger charge is 2.11. The maximum absolute atomic E-state index is 12.2. The maximum atomic E-state index is 12.2. The Balaban J connectivity index is 1.53. The minimum Gasteiger partial charge on any atom is -0.493 e. The van der Waals surface area contributed by atoms with E-state index in [9.17, 15) is 4.79 Å². The lowest BCUT2D eigenvalue weighted by molar-refractivity contribution is -0.118. The van der Waals surface area contributed by atoms with Crippen molar-refractivity contribution in [2.24, 2.45) is 0 Å². The molecule has 0 aliphatic heterocycles. The average molecular weight is 428 g/mol. The van der Waals surface area contributed by atoms with Gasteiger partial charge in [0.25, 0.3) is 5.91 Å². The summed E-state index contributed by atoms with van der Waals surface area (Å²) in [7, 11) is 3.20. The summed E-state index contributed by atoms with van der Waals surface area (Å²) in [5, 5.41) is 12.1. The molecule has 0 radical (unpaired) electrons. The standard InChI is InChI=1S/C22H25N3O4S/c1-14(2)16-6-8-17(9-7-16)29-13-20(26)23-22-25-24-21(30-22)12-15-5-10-18(27-3)19(11-15)28-4/h5-11,14H,12-13H2,1-4H3,(H,23,25,26). The first-order valence-corrected chi connectivity index (χ1v) is 10.4. The predicted molar refractivity (Wildman–Crippen MR) is 117 cm³/mol. The van der Waals surface area contributed by atoms with Crippen LogP contribution in [0, 0.1) is 0 Å². The number of rotatable bonds is 9. The van der Waals surface area contributed by atoms with Crippen molar-refractivity contribution in [3.8, 4) is 17.2 Å². The Labute approximate surface area is 180 Å². The third-order valence-electron chi connectivity index (χ3n) is 4.43. The third-order valence-corrected chi connectivity index (χ3v) is 5.27. The van der Waals surface area contributed by atoms with E-state index in [1.807, 2.05) is 42.5 Å². The number of hydrogen-bond donors (Lipinski definition) is 1. The first-order chi connectivity index (χ1) is 14.5. The maximum Gasteiger partial charge on any atom is 0.264 e. The number of nitrogens with one attached hydrogen (secondary N) is 1. The summed E-state index contributed by atoms with van der Waals surface area (Å²) in [4.78, 5) is 12.2. The summed E-state index contributed by atoms with van der Waals surface area (Å²) in [6, 6.07) is 13.4. The summed E-state index contributed by atoms with van der Waals surface area (Å²) in [6.07, 6.45) is 0.576. The lowest BCUT2D eigenvalue weighted by Crippen LogP contribution is -2.20. The molecule has 1 aromatic heterocycles. The van der Waals surface area contributed by atoms with Crippen molar-refractivity contribution in [2.45, 2.75) is 26.2 Å². The summed E-state index contributed by atoms with van der Waals surface area (Å²) in [5.41, 5.74) is 2.23. The number of benzene rings is 2. The molecule has 0 spiro atoms. The zero-order valence-corrected chi connectivity index (χ0v) is 18.3. The van der Waals surface area contributed by atoms with Gasteiger partial charge < -0.3 is 14.2 Å². The normalized spacial score (nSPS) is 10.7. The highest BCUT2D eigenvalue weighted by molar-refractivity contribution is 7.15. The van der Waals surface area contributed by atoms with E-state index < -0.39 is 0 Å². The largest absolute Gasteiger partial charge is 0.493 e. The molecule has 0 saturated heterocycles. The molecule has 3 aromatic rings. The number of aromatic nitrogens is 2. The van der Waals surface area contributed by atoms with Gasteiger partial charge in [-0.3, -0.25) is 10.1 Å². The molecule has 158 valence electrons. The number of amides is 1. The second kappa shape index (κ2) is 10.1. The highest BCUT2D eigenvalue weighted by atomic mass is 32.1. The van der Waals surface area contributed by atoms with Crippen molar-refractivity contribution >= 4 is 22.4 Å². The van der Waals surface area contributed by atoms with Crippen LogP contribution in [0.5, 0.6) is 17.2 Å². The SMILES string of the molecule is COc1ccc(Cc2nnc(NC(=O)COc3ccc(C(C)C)cc3)s2)cc1OC. The molecule has 30 heavy (non-hydrogen) atoms. The molecule has 0 bridgehead atoms. The molecule has 0 aliphatic rings. The van der Waals surface area contributed by atoms with E-state index in [-0.39, 0.29) is 12.5 Å². The fraction of sp³-hybridized carbons (Fsp3) is 0.318. The van der Waals surface area contributed by atoms with Crippen LogP contribution in [-0.2, 0) is 11.2 Å². The van der Waals surface area contributed by atoms with E-state index in [0.717, 1.165) is 10.6 Å². The van der Waals surface area contributed by atoms with Crippen LogP contribution in [0.15, 0.2) is 42.5 Å². The number of nitrogens with zero attached hydrogens (tertiary/aromatic N) is 2. The third kappa shape index (κ3) is 5.70. The van der Waals surface area contributed by atoms with Crippen molar-refractivity contribution in [3.63, 3.8) is 0 Å². The van der Waals surface area contributed by atoms with Gasteiger partial charge in [0, 0.05) is 6.42 Å². The molecule has 3 rings (SSSR count). The zero-order chi connectivity index (χ0) is 21.5. The van der Waals surface area contributed by atoms with Gasteiger partial charge in [0.15, 0.2) is 18.1 Å². The van der Waals surface area contributed by atoms with Gasteiger partial charge in [-0.25, -0.2) is 0 Å².